The van der Waals surface area contributed by atoms with Crippen LogP contribution in [0.1, 0.15) is 24.8 Å². The van der Waals surface area contributed by atoms with E-state index in [0.29, 0.717) is 31.6 Å². The van der Waals surface area contributed by atoms with Gasteiger partial charge in [-0.15, -0.1) is 0 Å². The first-order valence-corrected chi connectivity index (χ1v) is 10.8. The lowest BCUT2D eigenvalue weighted by molar-refractivity contribution is -0.131. The predicted octanol–water partition coefficient (Wildman–Crippen LogP) is 2.58. The number of hydrogen-bond donors (Lipinski definition) is 1. The Bertz CT molecular complexity index is 935. The minimum Gasteiger partial charge on any atom is -0.497 e. The molecule has 0 unspecified atom stereocenters. The number of rotatable bonds is 5. The molecule has 31 heavy (non-hydrogen) atoms. The van der Waals surface area contributed by atoms with Crippen LogP contribution < -0.4 is 10.1 Å². The third kappa shape index (κ3) is 4.42. The van der Waals surface area contributed by atoms with Crippen LogP contribution in [0.3, 0.4) is 0 Å². The maximum Gasteiger partial charge on any atom is 0.232 e. The van der Waals surface area contributed by atoms with E-state index in [-0.39, 0.29) is 17.9 Å². The van der Waals surface area contributed by atoms with E-state index in [1.807, 2.05) is 41.3 Å². The largest absolute Gasteiger partial charge is 0.497 e. The van der Waals surface area contributed by atoms with Crippen LogP contribution in [-0.2, 0) is 16.0 Å². The fourth-order valence-electron chi connectivity index (χ4n) is 5.02. The van der Waals surface area contributed by atoms with Crippen molar-refractivity contribution in [1.82, 2.24) is 14.8 Å². The monoisotopic (exact) mass is 422 g/mol. The Morgan fingerprint density at radius 3 is 2.81 bits per heavy atom. The van der Waals surface area contributed by atoms with Crippen LogP contribution in [0, 0.1) is 5.41 Å². The molecular formula is C24H30N4O3. The average Bonchev–Trinajstić information content (AvgIpc) is 2.98. The van der Waals surface area contributed by atoms with Gasteiger partial charge in [-0.25, -0.2) is 0 Å². The number of anilines is 1. The van der Waals surface area contributed by atoms with Crippen molar-refractivity contribution in [2.24, 2.45) is 5.41 Å². The number of aromatic nitrogens is 1. The van der Waals surface area contributed by atoms with E-state index in [4.69, 9.17) is 4.74 Å². The quantitative estimate of drug-likeness (QED) is 0.802. The standard InChI is InChI=1S/C24H30N4O3/c1-27-13-9-24(23(30)26-19-6-4-11-25-17-19)10-14-28(12-8-21(24)27)22(29)16-18-5-3-7-20(15-18)31-2/h3-7,11,15,17,21H,8-10,12-14,16H2,1-2H3,(H,26,30)/t21-,24-/m0/s1. The Morgan fingerprint density at radius 2 is 2.03 bits per heavy atom. The highest BCUT2D eigenvalue weighted by Crippen LogP contribution is 2.44. The van der Waals surface area contributed by atoms with Crippen molar-refractivity contribution < 1.29 is 14.3 Å². The molecule has 3 heterocycles. The first kappa shape index (κ1) is 21.3. The summed E-state index contributed by atoms with van der Waals surface area (Å²) in [5, 5.41) is 3.07. The summed E-state index contributed by atoms with van der Waals surface area (Å²) in [7, 11) is 3.71. The first-order valence-electron chi connectivity index (χ1n) is 10.8. The molecule has 4 rings (SSSR count). The number of likely N-dealkylation sites (tertiary alicyclic amines) is 2. The van der Waals surface area contributed by atoms with Gasteiger partial charge in [0.15, 0.2) is 0 Å². The number of carbonyl (C=O) groups excluding carboxylic acids is 2. The number of ether oxygens (including phenoxy) is 1. The number of pyridine rings is 1. The van der Waals surface area contributed by atoms with Gasteiger partial charge < -0.3 is 19.9 Å². The van der Waals surface area contributed by atoms with Crippen LogP contribution in [0.2, 0.25) is 0 Å². The molecule has 1 aromatic carbocycles. The van der Waals surface area contributed by atoms with E-state index in [0.717, 1.165) is 30.7 Å². The highest BCUT2D eigenvalue weighted by molar-refractivity contribution is 5.96. The molecule has 164 valence electrons. The molecule has 1 N–H and O–H groups in total. The third-order valence-electron chi connectivity index (χ3n) is 6.79. The van der Waals surface area contributed by atoms with E-state index < -0.39 is 5.41 Å². The lowest BCUT2D eigenvalue weighted by atomic mass is 9.75. The highest BCUT2D eigenvalue weighted by atomic mass is 16.5. The third-order valence-corrected chi connectivity index (χ3v) is 6.79. The predicted molar refractivity (Wildman–Crippen MR) is 119 cm³/mol. The Kier molecular flexibility index (Phi) is 6.23. The topological polar surface area (TPSA) is 74.8 Å². The van der Waals surface area contributed by atoms with Crippen LogP contribution >= 0.6 is 0 Å². The number of carbonyl (C=O) groups is 2. The zero-order valence-corrected chi connectivity index (χ0v) is 18.2. The number of amides is 2. The second-order valence-electron chi connectivity index (χ2n) is 8.55. The van der Waals surface area contributed by atoms with Gasteiger partial charge in [0.25, 0.3) is 0 Å². The minimum atomic E-state index is -0.490. The molecule has 2 aromatic rings. The number of nitrogens with one attached hydrogen (secondary N) is 1. The SMILES string of the molecule is COc1cccc(CC(=O)N2CC[C@@H]3N(C)CC[C@]3(C(=O)Nc3cccnc3)CC2)c1. The first-order chi connectivity index (χ1) is 15.0. The Balaban J connectivity index is 1.48. The number of fused-ring (bicyclic) bond motifs is 1. The van der Waals surface area contributed by atoms with Gasteiger partial charge in [0, 0.05) is 25.3 Å². The van der Waals surface area contributed by atoms with Gasteiger partial charge in [0.05, 0.1) is 30.8 Å². The molecule has 0 bridgehead atoms. The molecule has 1 aromatic heterocycles. The van der Waals surface area contributed by atoms with Crippen LogP contribution in [0.25, 0.3) is 0 Å². The number of nitrogens with zero attached hydrogens (tertiary/aromatic N) is 3. The van der Waals surface area contributed by atoms with E-state index in [1.54, 1.807) is 19.5 Å². The summed E-state index contributed by atoms with van der Waals surface area (Å²) < 4.78 is 5.27. The van der Waals surface area contributed by atoms with E-state index in [2.05, 4.69) is 22.2 Å². The van der Waals surface area contributed by atoms with Crippen molar-refractivity contribution in [2.45, 2.75) is 31.7 Å². The molecule has 7 heteroatoms. The molecule has 0 aliphatic carbocycles. The van der Waals surface area contributed by atoms with Crippen LogP contribution in [0.4, 0.5) is 5.69 Å². The molecule has 0 spiro atoms. The number of hydrogen-bond acceptors (Lipinski definition) is 5. The smallest absolute Gasteiger partial charge is 0.232 e. The number of benzene rings is 1. The zero-order valence-electron chi connectivity index (χ0n) is 18.2. The van der Waals surface area contributed by atoms with Crippen molar-refractivity contribution in [3.8, 4) is 5.75 Å². The molecule has 7 nitrogen and oxygen atoms in total. The van der Waals surface area contributed by atoms with Crippen LogP contribution in [-0.4, -0.2) is 66.4 Å². The van der Waals surface area contributed by atoms with Crippen molar-refractivity contribution in [3.05, 3.63) is 54.4 Å². The van der Waals surface area contributed by atoms with Crippen molar-refractivity contribution in [1.29, 1.82) is 0 Å². The molecule has 2 saturated heterocycles. The van der Waals surface area contributed by atoms with Crippen molar-refractivity contribution in [3.63, 3.8) is 0 Å². The molecule has 2 aliphatic heterocycles. The molecule has 0 radical (unpaired) electrons. The fourth-order valence-corrected chi connectivity index (χ4v) is 5.02. The van der Waals surface area contributed by atoms with E-state index >= 15 is 0 Å². The Hall–Kier alpha value is -2.93. The summed E-state index contributed by atoms with van der Waals surface area (Å²) in [6.07, 6.45) is 5.96. The normalized spacial score (nSPS) is 23.7. The van der Waals surface area contributed by atoms with Gasteiger partial charge in [0.2, 0.25) is 11.8 Å². The molecule has 2 fully saturated rings. The van der Waals surface area contributed by atoms with E-state index in [1.165, 1.54) is 0 Å². The summed E-state index contributed by atoms with van der Waals surface area (Å²) in [5.74, 6) is 0.888. The molecular weight excluding hydrogens is 392 g/mol. The maximum atomic E-state index is 13.4. The second kappa shape index (κ2) is 9.06. The molecule has 2 aliphatic rings. The van der Waals surface area contributed by atoms with Gasteiger partial charge in [0.1, 0.15) is 5.75 Å². The highest BCUT2D eigenvalue weighted by Gasteiger charge is 2.52. The molecule has 2 atom stereocenters. The summed E-state index contributed by atoms with van der Waals surface area (Å²) in [5.41, 5.74) is 1.16. The Morgan fingerprint density at radius 1 is 1.19 bits per heavy atom. The lowest BCUT2D eigenvalue weighted by Gasteiger charge is -2.34. The summed E-state index contributed by atoms with van der Waals surface area (Å²) >= 11 is 0. The van der Waals surface area contributed by atoms with Crippen LogP contribution in [0.5, 0.6) is 5.75 Å². The van der Waals surface area contributed by atoms with Gasteiger partial charge in [-0.1, -0.05) is 12.1 Å². The maximum absolute atomic E-state index is 13.4. The second-order valence-corrected chi connectivity index (χ2v) is 8.55. The zero-order chi connectivity index (χ0) is 21.8. The van der Waals surface area contributed by atoms with E-state index in [9.17, 15) is 9.59 Å². The van der Waals surface area contributed by atoms with Crippen molar-refractivity contribution >= 4 is 17.5 Å². The lowest BCUT2D eigenvalue weighted by Crippen LogP contribution is -2.46. The van der Waals surface area contributed by atoms with Gasteiger partial charge in [-0.2, -0.15) is 0 Å². The molecule has 2 amide bonds. The van der Waals surface area contributed by atoms with Gasteiger partial charge in [-0.05, 0) is 62.7 Å². The summed E-state index contributed by atoms with van der Waals surface area (Å²) in [4.78, 5) is 34.8. The van der Waals surface area contributed by atoms with Gasteiger partial charge in [-0.3, -0.25) is 14.6 Å². The minimum absolute atomic E-state index is 0.0388. The van der Waals surface area contributed by atoms with Crippen molar-refractivity contribution in [2.75, 3.05) is 39.1 Å². The summed E-state index contributed by atoms with van der Waals surface area (Å²) in [6, 6.07) is 11.4. The Labute approximate surface area is 183 Å². The van der Waals surface area contributed by atoms with Gasteiger partial charge >= 0.3 is 0 Å². The number of methoxy groups -OCH3 is 1. The molecule has 0 saturated carbocycles. The summed E-state index contributed by atoms with van der Waals surface area (Å²) in [6.45, 7) is 2.15. The fraction of sp³-hybridized carbons (Fsp3) is 0.458. The van der Waals surface area contributed by atoms with Crippen LogP contribution in [0.15, 0.2) is 48.8 Å². The average molecular weight is 423 g/mol.